The standard InChI is InChI=1S/C15H22S/c1-3-11-15(12-10-13(15)4-2)16-14-8-6-5-7-9-14/h5-9,13H,3-4,10-12H2,1-2H3. The monoisotopic (exact) mass is 234 g/mol. The van der Waals surface area contributed by atoms with E-state index in [1.54, 1.807) is 0 Å². The third kappa shape index (κ3) is 2.29. The number of thioether (sulfide) groups is 1. The van der Waals surface area contributed by atoms with Gasteiger partial charge in [0.25, 0.3) is 0 Å². The maximum atomic E-state index is 2.35. The fraction of sp³-hybridized carbons (Fsp3) is 0.600. The Hall–Kier alpha value is -0.430. The molecule has 1 heteroatoms. The molecule has 16 heavy (non-hydrogen) atoms. The number of rotatable bonds is 5. The van der Waals surface area contributed by atoms with E-state index in [9.17, 15) is 0 Å². The molecule has 0 aromatic heterocycles. The number of benzene rings is 1. The fourth-order valence-corrected chi connectivity index (χ4v) is 4.65. The minimum atomic E-state index is 0.560. The largest absolute Gasteiger partial charge is 0.119 e. The van der Waals surface area contributed by atoms with Gasteiger partial charge < -0.3 is 0 Å². The van der Waals surface area contributed by atoms with Crippen LogP contribution in [0, 0.1) is 5.92 Å². The van der Waals surface area contributed by atoms with Crippen molar-refractivity contribution in [2.24, 2.45) is 5.92 Å². The molecule has 0 amide bonds. The van der Waals surface area contributed by atoms with Crippen molar-refractivity contribution < 1.29 is 0 Å². The molecule has 0 saturated heterocycles. The van der Waals surface area contributed by atoms with Gasteiger partial charge in [-0.1, -0.05) is 44.9 Å². The summed E-state index contributed by atoms with van der Waals surface area (Å²) in [4.78, 5) is 1.45. The maximum Gasteiger partial charge on any atom is 0.0235 e. The van der Waals surface area contributed by atoms with E-state index in [1.165, 1.54) is 37.0 Å². The molecule has 1 aliphatic carbocycles. The van der Waals surface area contributed by atoms with Gasteiger partial charge in [0.05, 0.1) is 0 Å². The molecule has 1 aromatic carbocycles. The molecule has 1 aromatic rings. The summed E-state index contributed by atoms with van der Waals surface area (Å²) < 4.78 is 0.560. The smallest absolute Gasteiger partial charge is 0.0235 e. The van der Waals surface area contributed by atoms with Gasteiger partial charge in [0.15, 0.2) is 0 Å². The summed E-state index contributed by atoms with van der Waals surface area (Å²) >= 11 is 2.14. The highest BCUT2D eigenvalue weighted by atomic mass is 32.2. The van der Waals surface area contributed by atoms with Gasteiger partial charge in [-0.2, -0.15) is 0 Å². The summed E-state index contributed by atoms with van der Waals surface area (Å²) in [6.45, 7) is 4.66. The normalized spacial score (nSPS) is 28.8. The molecule has 88 valence electrons. The van der Waals surface area contributed by atoms with Crippen LogP contribution in [0.2, 0.25) is 0 Å². The summed E-state index contributed by atoms with van der Waals surface area (Å²) in [7, 11) is 0. The number of hydrogen-bond donors (Lipinski definition) is 0. The fourth-order valence-electron chi connectivity index (χ4n) is 2.91. The SMILES string of the molecule is CCCC1(Sc2ccccc2)CCC1CC. The molecule has 0 heterocycles. The first kappa shape index (κ1) is 12.0. The molecule has 0 aliphatic heterocycles. The Kier molecular flexibility index (Phi) is 3.96. The zero-order chi connectivity index (χ0) is 11.4. The highest BCUT2D eigenvalue weighted by Gasteiger charge is 2.45. The highest BCUT2D eigenvalue weighted by molar-refractivity contribution is 8.00. The van der Waals surface area contributed by atoms with Crippen LogP contribution in [-0.4, -0.2) is 4.75 Å². The Morgan fingerprint density at radius 2 is 2.00 bits per heavy atom. The third-order valence-corrected chi connectivity index (χ3v) is 5.55. The Morgan fingerprint density at radius 1 is 1.25 bits per heavy atom. The predicted molar refractivity (Wildman–Crippen MR) is 73.0 cm³/mol. The van der Waals surface area contributed by atoms with Gasteiger partial charge in [-0.05, 0) is 37.3 Å². The lowest BCUT2D eigenvalue weighted by Gasteiger charge is -2.49. The minimum Gasteiger partial charge on any atom is -0.119 e. The van der Waals surface area contributed by atoms with Crippen molar-refractivity contribution in [3.05, 3.63) is 30.3 Å². The highest BCUT2D eigenvalue weighted by Crippen LogP contribution is 2.55. The molecule has 0 radical (unpaired) electrons. The van der Waals surface area contributed by atoms with E-state index in [-0.39, 0.29) is 0 Å². The lowest BCUT2D eigenvalue weighted by molar-refractivity contribution is 0.196. The molecule has 1 saturated carbocycles. The van der Waals surface area contributed by atoms with Crippen LogP contribution < -0.4 is 0 Å². The van der Waals surface area contributed by atoms with E-state index >= 15 is 0 Å². The van der Waals surface area contributed by atoms with E-state index < -0.39 is 0 Å². The second-order valence-corrected chi connectivity index (χ2v) is 6.36. The molecular weight excluding hydrogens is 212 g/mol. The van der Waals surface area contributed by atoms with Gasteiger partial charge in [-0.3, -0.25) is 0 Å². The minimum absolute atomic E-state index is 0.560. The zero-order valence-electron chi connectivity index (χ0n) is 10.4. The average Bonchev–Trinajstić information content (AvgIpc) is 2.29. The van der Waals surface area contributed by atoms with Gasteiger partial charge in [-0.25, -0.2) is 0 Å². The molecule has 0 spiro atoms. The molecule has 2 rings (SSSR count). The second kappa shape index (κ2) is 5.27. The van der Waals surface area contributed by atoms with Crippen LogP contribution >= 0.6 is 11.8 Å². The Bertz CT molecular complexity index is 317. The van der Waals surface area contributed by atoms with Crippen LogP contribution in [0.5, 0.6) is 0 Å². The van der Waals surface area contributed by atoms with Crippen LogP contribution in [-0.2, 0) is 0 Å². The van der Waals surface area contributed by atoms with Crippen LogP contribution in [0.3, 0.4) is 0 Å². The topological polar surface area (TPSA) is 0 Å². The molecular formula is C15H22S. The molecule has 2 unspecified atom stereocenters. The van der Waals surface area contributed by atoms with Crippen molar-refractivity contribution in [1.29, 1.82) is 0 Å². The molecule has 0 N–H and O–H groups in total. The Labute approximate surface area is 104 Å². The summed E-state index contributed by atoms with van der Waals surface area (Å²) in [6, 6.07) is 10.9. The first-order valence-electron chi connectivity index (χ1n) is 6.55. The quantitative estimate of drug-likeness (QED) is 0.680. The predicted octanol–water partition coefficient (Wildman–Crippen LogP) is 5.14. The molecule has 0 nitrogen and oxygen atoms in total. The summed E-state index contributed by atoms with van der Waals surface area (Å²) in [6.07, 6.45) is 6.90. The molecule has 1 fully saturated rings. The van der Waals surface area contributed by atoms with Crippen molar-refractivity contribution in [2.75, 3.05) is 0 Å². The van der Waals surface area contributed by atoms with Gasteiger partial charge in [0.1, 0.15) is 0 Å². The lowest BCUT2D eigenvalue weighted by atomic mass is 9.69. The van der Waals surface area contributed by atoms with Crippen molar-refractivity contribution >= 4 is 11.8 Å². The zero-order valence-corrected chi connectivity index (χ0v) is 11.2. The van der Waals surface area contributed by atoms with Gasteiger partial charge in [0.2, 0.25) is 0 Å². The second-order valence-electron chi connectivity index (χ2n) is 4.87. The van der Waals surface area contributed by atoms with Gasteiger partial charge >= 0.3 is 0 Å². The van der Waals surface area contributed by atoms with E-state index in [2.05, 4.69) is 55.9 Å². The maximum absolute atomic E-state index is 2.35. The van der Waals surface area contributed by atoms with Crippen LogP contribution in [0.25, 0.3) is 0 Å². The third-order valence-electron chi connectivity index (χ3n) is 3.89. The van der Waals surface area contributed by atoms with Crippen molar-refractivity contribution in [1.82, 2.24) is 0 Å². The van der Waals surface area contributed by atoms with Gasteiger partial charge in [-0.15, -0.1) is 11.8 Å². The Balaban J connectivity index is 2.09. The Morgan fingerprint density at radius 3 is 2.50 bits per heavy atom. The summed E-state index contributed by atoms with van der Waals surface area (Å²) in [5, 5.41) is 0. The summed E-state index contributed by atoms with van der Waals surface area (Å²) in [5.74, 6) is 0.942. The lowest BCUT2D eigenvalue weighted by Crippen LogP contribution is -2.43. The van der Waals surface area contributed by atoms with E-state index in [0.29, 0.717) is 4.75 Å². The van der Waals surface area contributed by atoms with Gasteiger partial charge in [0, 0.05) is 9.64 Å². The van der Waals surface area contributed by atoms with Crippen molar-refractivity contribution in [3.63, 3.8) is 0 Å². The first-order chi connectivity index (χ1) is 7.80. The van der Waals surface area contributed by atoms with Crippen LogP contribution in [0.4, 0.5) is 0 Å². The van der Waals surface area contributed by atoms with E-state index in [4.69, 9.17) is 0 Å². The summed E-state index contributed by atoms with van der Waals surface area (Å²) in [5.41, 5.74) is 0. The van der Waals surface area contributed by atoms with E-state index in [0.717, 1.165) is 5.92 Å². The number of hydrogen-bond acceptors (Lipinski definition) is 1. The molecule has 0 bridgehead atoms. The van der Waals surface area contributed by atoms with E-state index in [1.807, 2.05) is 0 Å². The first-order valence-corrected chi connectivity index (χ1v) is 7.36. The molecule has 1 aliphatic rings. The van der Waals surface area contributed by atoms with Crippen LogP contribution in [0.1, 0.15) is 46.0 Å². The van der Waals surface area contributed by atoms with Crippen molar-refractivity contribution in [2.45, 2.75) is 55.6 Å². The average molecular weight is 234 g/mol. The molecule has 2 atom stereocenters. The van der Waals surface area contributed by atoms with Crippen molar-refractivity contribution in [3.8, 4) is 0 Å². The van der Waals surface area contributed by atoms with Crippen LogP contribution in [0.15, 0.2) is 35.2 Å².